The third kappa shape index (κ3) is 8.30. The number of para-hydroxylation sites is 1. The van der Waals surface area contributed by atoms with Crippen LogP contribution in [0.4, 0.5) is 4.79 Å². The summed E-state index contributed by atoms with van der Waals surface area (Å²) in [4.78, 5) is 22.6. The van der Waals surface area contributed by atoms with Crippen LogP contribution in [0.2, 0.25) is 0 Å². The number of alkyl carbamates (subject to hydrolysis) is 1. The maximum atomic E-state index is 11.5. The molecule has 0 saturated heterocycles. The van der Waals surface area contributed by atoms with Gasteiger partial charge in [0.1, 0.15) is 12.4 Å². The Bertz CT molecular complexity index is 448. The summed E-state index contributed by atoms with van der Waals surface area (Å²) in [6, 6.07) is 9.29. The third-order valence-corrected chi connectivity index (χ3v) is 2.39. The van der Waals surface area contributed by atoms with Crippen LogP contribution in [0.3, 0.4) is 0 Å². The average Bonchev–Trinajstić information content (AvgIpc) is 2.50. The molecule has 0 heterocycles. The summed E-state index contributed by atoms with van der Waals surface area (Å²) in [6.45, 7) is 4.55. The van der Waals surface area contributed by atoms with Gasteiger partial charge in [-0.3, -0.25) is 4.79 Å². The van der Waals surface area contributed by atoms with Crippen molar-refractivity contribution in [2.75, 3.05) is 26.3 Å². The number of rotatable bonds is 9. The Balaban J connectivity index is 2.01. The van der Waals surface area contributed by atoms with Crippen LogP contribution in [0.5, 0.6) is 5.75 Å². The minimum Gasteiger partial charge on any atom is -0.493 e. The van der Waals surface area contributed by atoms with E-state index >= 15 is 0 Å². The van der Waals surface area contributed by atoms with Crippen molar-refractivity contribution in [3.8, 4) is 5.75 Å². The number of amides is 2. The molecule has 0 aliphatic carbocycles. The molecule has 1 aromatic rings. The molecule has 2 N–H and O–H groups in total. The molecule has 0 aliphatic rings. The predicted molar refractivity (Wildman–Crippen MR) is 79.1 cm³/mol. The number of hydrogen-bond donors (Lipinski definition) is 2. The fourth-order valence-electron chi connectivity index (χ4n) is 1.42. The van der Waals surface area contributed by atoms with E-state index in [1.807, 2.05) is 30.3 Å². The van der Waals surface area contributed by atoms with Crippen molar-refractivity contribution in [3.05, 3.63) is 43.0 Å². The van der Waals surface area contributed by atoms with Crippen molar-refractivity contribution in [1.29, 1.82) is 0 Å². The molecule has 114 valence electrons. The summed E-state index contributed by atoms with van der Waals surface area (Å²) in [6.07, 6.45) is 1.21. The molecule has 1 aromatic carbocycles. The monoisotopic (exact) mass is 292 g/mol. The number of ether oxygens (including phenoxy) is 2. The molecular formula is C15H20N2O4. The smallest absolute Gasteiger partial charge is 0.407 e. The largest absolute Gasteiger partial charge is 0.493 e. The van der Waals surface area contributed by atoms with Crippen LogP contribution >= 0.6 is 0 Å². The van der Waals surface area contributed by atoms with Crippen molar-refractivity contribution < 1.29 is 19.1 Å². The van der Waals surface area contributed by atoms with E-state index in [-0.39, 0.29) is 18.9 Å². The lowest BCUT2D eigenvalue weighted by Crippen LogP contribution is -2.35. The van der Waals surface area contributed by atoms with Crippen LogP contribution in [-0.4, -0.2) is 38.3 Å². The van der Waals surface area contributed by atoms with E-state index in [0.29, 0.717) is 19.7 Å². The molecule has 2 amide bonds. The van der Waals surface area contributed by atoms with E-state index in [1.54, 1.807) is 0 Å². The van der Waals surface area contributed by atoms with Crippen molar-refractivity contribution in [2.24, 2.45) is 0 Å². The van der Waals surface area contributed by atoms with Gasteiger partial charge in [-0.2, -0.15) is 0 Å². The van der Waals surface area contributed by atoms with Crippen LogP contribution in [0.15, 0.2) is 43.0 Å². The molecule has 0 bridgehead atoms. The summed E-state index contributed by atoms with van der Waals surface area (Å²) in [5, 5.41) is 5.17. The number of carbonyl (C=O) groups is 2. The third-order valence-electron chi connectivity index (χ3n) is 2.39. The van der Waals surface area contributed by atoms with E-state index in [1.165, 1.54) is 6.08 Å². The zero-order valence-corrected chi connectivity index (χ0v) is 11.8. The second-order valence-electron chi connectivity index (χ2n) is 4.08. The molecule has 6 nitrogen and oxygen atoms in total. The van der Waals surface area contributed by atoms with E-state index < -0.39 is 6.09 Å². The molecule has 1 rings (SSSR count). The summed E-state index contributed by atoms with van der Waals surface area (Å²) in [7, 11) is 0. The number of hydrogen-bond acceptors (Lipinski definition) is 4. The van der Waals surface area contributed by atoms with Crippen LogP contribution in [-0.2, 0) is 9.53 Å². The number of benzene rings is 1. The van der Waals surface area contributed by atoms with Gasteiger partial charge in [-0.05, 0) is 12.1 Å². The molecule has 0 atom stereocenters. The zero-order valence-electron chi connectivity index (χ0n) is 11.8. The quantitative estimate of drug-likeness (QED) is 0.534. The molecule has 0 radical (unpaired) electrons. The fourth-order valence-corrected chi connectivity index (χ4v) is 1.42. The highest BCUT2D eigenvalue weighted by Crippen LogP contribution is 2.08. The summed E-state index contributed by atoms with van der Waals surface area (Å²) in [5.74, 6) is 0.601. The summed E-state index contributed by atoms with van der Waals surface area (Å²) in [5.41, 5.74) is 0. The number of nitrogens with one attached hydrogen (secondary N) is 2. The predicted octanol–water partition coefficient (Wildman–Crippen LogP) is 1.48. The van der Waals surface area contributed by atoms with Gasteiger partial charge in [0.2, 0.25) is 5.91 Å². The van der Waals surface area contributed by atoms with Gasteiger partial charge in [0.15, 0.2) is 0 Å². The Morgan fingerprint density at radius 1 is 1.14 bits per heavy atom. The van der Waals surface area contributed by atoms with Crippen molar-refractivity contribution in [2.45, 2.75) is 6.42 Å². The molecular weight excluding hydrogens is 272 g/mol. The van der Waals surface area contributed by atoms with Crippen LogP contribution in [0, 0.1) is 0 Å². The molecule has 21 heavy (non-hydrogen) atoms. The second kappa shape index (κ2) is 10.3. The highest BCUT2D eigenvalue weighted by atomic mass is 16.5. The standard InChI is InChI=1S/C15H20N2O4/c1-2-11-21-15(19)17-10-9-16-14(18)8-12-20-13-6-4-3-5-7-13/h2-7H,1,8-12H2,(H,16,18)(H,17,19). The molecule has 0 unspecified atom stereocenters. The van der Waals surface area contributed by atoms with Crippen LogP contribution < -0.4 is 15.4 Å². The maximum absolute atomic E-state index is 11.5. The maximum Gasteiger partial charge on any atom is 0.407 e. The highest BCUT2D eigenvalue weighted by molar-refractivity contribution is 5.76. The lowest BCUT2D eigenvalue weighted by atomic mass is 10.3. The molecule has 0 spiro atoms. The Morgan fingerprint density at radius 2 is 1.86 bits per heavy atom. The van der Waals surface area contributed by atoms with Gasteiger partial charge in [0.05, 0.1) is 13.0 Å². The molecule has 6 heteroatoms. The SMILES string of the molecule is C=CCOC(=O)NCCNC(=O)CCOc1ccccc1. The Kier molecular flexibility index (Phi) is 8.12. The second-order valence-corrected chi connectivity index (χ2v) is 4.08. The van der Waals surface area contributed by atoms with E-state index in [4.69, 9.17) is 9.47 Å². The van der Waals surface area contributed by atoms with E-state index in [2.05, 4.69) is 17.2 Å². The summed E-state index contributed by atoms with van der Waals surface area (Å²) < 4.78 is 10.1. The molecule has 0 aliphatic heterocycles. The molecule has 0 saturated carbocycles. The van der Waals surface area contributed by atoms with Crippen molar-refractivity contribution in [1.82, 2.24) is 10.6 Å². The average molecular weight is 292 g/mol. The van der Waals surface area contributed by atoms with Gasteiger partial charge < -0.3 is 20.1 Å². The molecule has 0 fully saturated rings. The first-order valence-electron chi connectivity index (χ1n) is 6.68. The van der Waals surface area contributed by atoms with Crippen molar-refractivity contribution >= 4 is 12.0 Å². The van der Waals surface area contributed by atoms with Gasteiger partial charge >= 0.3 is 6.09 Å². The van der Waals surface area contributed by atoms with Crippen LogP contribution in [0.25, 0.3) is 0 Å². The summed E-state index contributed by atoms with van der Waals surface area (Å²) >= 11 is 0. The first-order chi connectivity index (χ1) is 10.2. The van der Waals surface area contributed by atoms with Gasteiger partial charge in [-0.25, -0.2) is 4.79 Å². The zero-order chi connectivity index (χ0) is 15.3. The topological polar surface area (TPSA) is 76.7 Å². The van der Waals surface area contributed by atoms with Gasteiger partial charge in [0, 0.05) is 13.1 Å². The van der Waals surface area contributed by atoms with Gasteiger partial charge in [-0.15, -0.1) is 0 Å². The minimum absolute atomic E-state index is 0.132. The van der Waals surface area contributed by atoms with Gasteiger partial charge in [0.25, 0.3) is 0 Å². The lowest BCUT2D eigenvalue weighted by molar-refractivity contribution is -0.121. The van der Waals surface area contributed by atoms with E-state index in [9.17, 15) is 9.59 Å². The fraction of sp³-hybridized carbons (Fsp3) is 0.333. The Labute approximate surface area is 124 Å². The van der Waals surface area contributed by atoms with Gasteiger partial charge in [-0.1, -0.05) is 30.9 Å². The number of carbonyl (C=O) groups excluding carboxylic acids is 2. The Hall–Kier alpha value is -2.50. The van der Waals surface area contributed by atoms with Crippen molar-refractivity contribution in [3.63, 3.8) is 0 Å². The Morgan fingerprint density at radius 3 is 2.57 bits per heavy atom. The highest BCUT2D eigenvalue weighted by Gasteiger charge is 2.03. The minimum atomic E-state index is -0.531. The normalized spacial score (nSPS) is 9.52. The lowest BCUT2D eigenvalue weighted by Gasteiger charge is -2.08. The first kappa shape index (κ1) is 16.6. The molecule has 0 aromatic heterocycles. The first-order valence-corrected chi connectivity index (χ1v) is 6.68. The van der Waals surface area contributed by atoms with Crippen LogP contribution in [0.1, 0.15) is 6.42 Å². The van der Waals surface area contributed by atoms with E-state index in [0.717, 1.165) is 5.75 Å².